The molecule has 7 heteroatoms. The van der Waals surface area contributed by atoms with E-state index in [2.05, 4.69) is 25.6 Å². The summed E-state index contributed by atoms with van der Waals surface area (Å²) in [5.41, 5.74) is 4.63. The van der Waals surface area contributed by atoms with Crippen LogP contribution >= 0.6 is 0 Å². The minimum Gasteiger partial charge on any atom is -0.444 e. The molecule has 4 aromatic rings. The number of fused-ring (bicyclic) bond motifs is 1. The van der Waals surface area contributed by atoms with E-state index in [0.717, 1.165) is 33.8 Å². The second-order valence-electron chi connectivity index (χ2n) is 7.89. The summed E-state index contributed by atoms with van der Waals surface area (Å²) in [6.45, 7) is 5.49. The maximum absolute atomic E-state index is 12.0. The van der Waals surface area contributed by atoms with Crippen molar-refractivity contribution in [3.8, 4) is 11.4 Å². The van der Waals surface area contributed by atoms with E-state index in [-0.39, 0.29) is 0 Å². The first-order chi connectivity index (χ1) is 14.4. The van der Waals surface area contributed by atoms with Crippen LogP contribution in [0, 0.1) is 0 Å². The van der Waals surface area contributed by atoms with Gasteiger partial charge in [-0.1, -0.05) is 12.1 Å². The molecule has 0 radical (unpaired) electrons. The Bertz CT molecular complexity index is 1180. The number of anilines is 3. The van der Waals surface area contributed by atoms with Gasteiger partial charge < -0.3 is 15.0 Å². The molecule has 0 atom stereocenters. The Morgan fingerprint density at radius 2 is 1.77 bits per heavy atom. The first-order valence-electron chi connectivity index (χ1n) is 9.63. The number of carbonyl (C=O) groups excluding carboxylic acids is 1. The zero-order valence-corrected chi connectivity index (χ0v) is 17.1. The normalized spacial score (nSPS) is 11.3. The molecule has 4 rings (SSSR count). The van der Waals surface area contributed by atoms with Crippen molar-refractivity contribution in [2.45, 2.75) is 26.4 Å². The molecule has 30 heavy (non-hydrogen) atoms. The van der Waals surface area contributed by atoms with E-state index in [1.54, 1.807) is 12.4 Å². The zero-order chi connectivity index (χ0) is 21.1. The zero-order valence-electron chi connectivity index (χ0n) is 17.1. The Hall–Kier alpha value is -3.87. The predicted molar refractivity (Wildman–Crippen MR) is 119 cm³/mol. The summed E-state index contributed by atoms with van der Waals surface area (Å²) >= 11 is 0. The largest absolute Gasteiger partial charge is 0.444 e. The average molecular weight is 401 g/mol. The summed E-state index contributed by atoms with van der Waals surface area (Å²) < 4.78 is 5.31. The molecular weight excluding hydrogens is 378 g/mol. The molecule has 7 nitrogen and oxygen atoms in total. The van der Waals surface area contributed by atoms with Gasteiger partial charge in [-0.15, -0.1) is 0 Å². The maximum atomic E-state index is 12.0. The van der Waals surface area contributed by atoms with E-state index in [4.69, 9.17) is 4.74 Å². The van der Waals surface area contributed by atoms with Gasteiger partial charge in [-0.2, -0.15) is 0 Å². The number of rotatable bonds is 4. The van der Waals surface area contributed by atoms with Gasteiger partial charge in [0.15, 0.2) is 0 Å². The van der Waals surface area contributed by atoms with Crippen LogP contribution in [0.4, 0.5) is 21.9 Å². The quantitative estimate of drug-likeness (QED) is 0.407. The van der Waals surface area contributed by atoms with Gasteiger partial charge >= 0.3 is 6.09 Å². The van der Waals surface area contributed by atoms with Crippen molar-refractivity contribution in [2.75, 3.05) is 10.6 Å². The van der Waals surface area contributed by atoms with E-state index in [1.807, 2.05) is 75.4 Å². The Balaban J connectivity index is 1.55. The van der Waals surface area contributed by atoms with Crippen LogP contribution in [0.25, 0.3) is 22.4 Å². The number of H-pyrrole nitrogens is 1. The van der Waals surface area contributed by atoms with Gasteiger partial charge in [0.1, 0.15) is 11.4 Å². The number of carbonyl (C=O) groups is 1. The third-order valence-corrected chi connectivity index (χ3v) is 4.23. The molecule has 0 saturated heterocycles. The smallest absolute Gasteiger partial charge is 0.412 e. The summed E-state index contributed by atoms with van der Waals surface area (Å²) in [4.78, 5) is 24.1. The fraction of sp³-hybridized carbons (Fsp3) is 0.174. The van der Waals surface area contributed by atoms with Crippen LogP contribution in [0.2, 0.25) is 0 Å². The molecule has 0 unspecified atom stereocenters. The minimum absolute atomic E-state index is 0.490. The lowest BCUT2D eigenvalue weighted by atomic mass is 10.2. The number of benzene rings is 2. The summed E-state index contributed by atoms with van der Waals surface area (Å²) in [5, 5.41) is 6.11. The molecule has 0 fully saturated rings. The number of pyridine rings is 1. The van der Waals surface area contributed by atoms with Crippen LogP contribution < -0.4 is 10.6 Å². The van der Waals surface area contributed by atoms with Crippen molar-refractivity contribution in [3.63, 3.8) is 0 Å². The lowest BCUT2D eigenvalue weighted by Crippen LogP contribution is -2.27. The third kappa shape index (κ3) is 4.75. The standard InChI is InChI=1S/C23H23N5O2/c1-23(2,3)30-22(29)26-17-6-4-5-15(13-17)21-27-19-8-7-18(14-20(19)28-21)25-16-9-11-24-12-10-16/h4-14H,1-3H3,(H,24,25)(H,26,29)(H,27,28). The molecule has 0 saturated carbocycles. The molecule has 0 bridgehead atoms. The monoisotopic (exact) mass is 401 g/mol. The van der Waals surface area contributed by atoms with Crippen molar-refractivity contribution >= 4 is 34.2 Å². The third-order valence-electron chi connectivity index (χ3n) is 4.23. The first kappa shape index (κ1) is 19.4. The fourth-order valence-corrected chi connectivity index (χ4v) is 2.99. The van der Waals surface area contributed by atoms with Crippen LogP contribution in [0.5, 0.6) is 0 Å². The summed E-state index contributed by atoms with van der Waals surface area (Å²) in [6.07, 6.45) is 3.00. The lowest BCUT2D eigenvalue weighted by molar-refractivity contribution is 0.0636. The van der Waals surface area contributed by atoms with Gasteiger partial charge in [0.2, 0.25) is 0 Å². The molecule has 1 amide bonds. The SMILES string of the molecule is CC(C)(C)OC(=O)Nc1cccc(-c2nc3ccc(Nc4ccncc4)cc3[nH]2)c1. The Kier molecular flexibility index (Phi) is 5.10. The second kappa shape index (κ2) is 7.87. The molecule has 0 aliphatic rings. The van der Waals surface area contributed by atoms with Crippen LogP contribution in [0.1, 0.15) is 20.8 Å². The molecule has 2 heterocycles. The van der Waals surface area contributed by atoms with Gasteiger partial charge in [-0.05, 0) is 63.2 Å². The number of imidazole rings is 1. The topological polar surface area (TPSA) is 91.9 Å². The number of hydrogen-bond donors (Lipinski definition) is 3. The molecule has 0 aliphatic heterocycles. The van der Waals surface area contributed by atoms with E-state index in [9.17, 15) is 4.79 Å². The first-order valence-corrected chi connectivity index (χ1v) is 9.63. The van der Waals surface area contributed by atoms with Crippen LogP contribution in [0.3, 0.4) is 0 Å². The van der Waals surface area contributed by atoms with Crippen LogP contribution in [0.15, 0.2) is 67.0 Å². The highest BCUT2D eigenvalue weighted by molar-refractivity contribution is 5.87. The number of aromatic nitrogens is 3. The number of nitrogens with one attached hydrogen (secondary N) is 3. The highest BCUT2D eigenvalue weighted by atomic mass is 16.6. The predicted octanol–water partition coefficient (Wildman–Crippen LogP) is 5.72. The van der Waals surface area contributed by atoms with Gasteiger partial charge in [-0.3, -0.25) is 10.3 Å². The van der Waals surface area contributed by atoms with Gasteiger partial charge in [0.05, 0.1) is 11.0 Å². The number of ether oxygens (including phenoxy) is 1. The maximum Gasteiger partial charge on any atom is 0.412 e. The van der Waals surface area contributed by atoms with Gasteiger partial charge in [0, 0.05) is 35.0 Å². The molecule has 3 N–H and O–H groups in total. The van der Waals surface area contributed by atoms with Crippen LogP contribution in [-0.4, -0.2) is 26.6 Å². The number of nitrogens with zero attached hydrogens (tertiary/aromatic N) is 2. The van der Waals surface area contributed by atoms with Crippen molar-refractivity contribution in [3.05, 3.63) is 67.0 Å². The summed E-state index contributed by atoms with van der Waals surface area (Å²) in [7, 11) is 0. The Morgan fingerprint density at radius 1 is 0.967 bits per heavy atom. The minimum atomic E-state index is -0.553. The van der Waals surface area contributed by atoms with Crippen molar-refractivity contribution < 1.29 is 9.53 Å². The van der Waals surface area contributed by atoms with Crippen LogP contribution in [-0.2, 0) is 4.74 Å². The Morgan fingerprint density at radius 3 is 2.53 bits per heavy atom. The lowest BCUT2D eigenvalue weighted by Gasteiger charge is -2.19. The highest BCUT2D eigenvalue weighted by Crippen LogP contribution is 2.26. The molecule has 2 aromatic heterocycles. The second-order valence-corrected chi connectivity index (χ2v) is 7.89. The number of amides is 1. The average Bonchev–Trinajstić information content (AvgIpc) is 3.11. The number of aromatic amines is 1. The highest BCUT2D eigenvalue weighted by Gasteiger charge is 2.16. The van der Waals surface area contributed by atoms with E-state index in [1.165, 1.54) is 0 Å². The summed E-state index contributed by atoms with van der Waals surface area (Å²) in [5.74, 6) is 0.721. The molecule has 0 spiro atoms. The Labute approximate surface area is 174 Å². The number of hydrogen-bond acceptors (Lipinski definition) is 5. The van der Waals surface area contributed by atoms with Crippen molar-refractivity contribution in [2.24, 2.45) is 0 Å². The molecule has 152 valence electrons. The van der Waals surface area contributed by atoms with E-state index >= 15 is 0 Å². The van der Waals surface area contributed by atoms with Gasteiger partial charge in [0.25, 0.3) is 0 Å². The molecular formula is C23H23N5O2. The molecule has 0 aliphatic carbocycles. The summed E-state index contributed by atoms with van der Waals surface area (Å²) in [6, 6.07) is 17.2. The van der Waals surface area contributed by atoms with Crippen molar-refractivity contribution in [1.82, 2.24) is 15.0 Å². The van der Waals surface area contributed by atoms with E-state index < -0.39 is 11.7 Å². The molecule has 2 aromatic carbocycles. The van der Waals surface area contributed by atoms with Gasteiger partial charge in [-0.25, -0.2) is 9.78 Å². The van der Waals surface area contributed by atoms with Crippen molar-refractivity contribution in [1.29, 1.82) is 0 Å². The van der Waals surface area contributed by atoms with E-state index in [0.29, 0.717) is 5.69 Å². The fourth-order valence-electron chi connectivity index (χ4n) is 2.99.